The number of aliphatic carboxylic acids is 1. The molecule has 1 amide bonds. The molecule has 0 heterocycles. The summed E-state index contributed by atoms with van der Waals surface area (Å²) in [5, 5.41) is 9.08. The Morgan fingerprint density at radius 1 is 1.32 bits per heavy atom. The normalized spacial score (nSPS) is 24.6. The predicted molar refractivity (Wildman–Crippen MR) is 86.5 cm³/mol. The van der Waals surface area contributed by atoms with Crippen LogP contribution in [0, 0.1) is 11.8 Å². The van der Waals surface area contributed by atoms with E-state index in [0.717, 1.165) is 23.7 Å². The van der Waals surface area contributed by atoms with Gasteiger partial charge >= 0.3 is 5.97 Å². The van der Waals surface area contributed by atoms with Crippen molar-refractivity contribution in [2.24, 2.45) is 11.8 Å². The molecule has 22 heavy (non-hydrogen) atoms. The molecule has 4 nitrogen and oxygen atoms in total. The van der Waals surface area contributed by atoms with Gasteiger partial charge in [0.2, 0.25) is 5.91 Å². The summed E-state index contributed by atoms with van der Waals surface area (Å²) >= 11 is 3.42. The van der Waals surface area contributed by atoms with Gasteiger partial charge in [-0.3, -0.25) is 9.59 Å². The first kappa shape index (κ1) is 15.5. The van der Waals surface area contributed by atoms with E-state index in [1.165, 1.54) is 5.56 Å². The lowest BCUT2D eigenvalue weighted by Crippen LogP contribution is -2.39. The molecule has 1 N–H and O–H groups in total. The second-order valence-corrected chi connectivity index (χ2v) is 7.38. The molecule has 0 saturated heterocycles. The van der Waals surface area contributed by atoms with Crippen LogP contribution in [-0.2, 0) is 9.59 Å². The number of carboxylic acids is 1. The molecule has 1 aromatic rings. The number of benzene rings is 1. The highest BCUT2D eigenvalue weighted by atomic mass is 79.9. The lowest BCUT2D eigenvalue weighted by atomic mass is 10.1. The SMILES string of the molecule is CC(CN(C(=O)C1CC1c1ccc(Br)cc1)C1CC1)C(=O)O. The summed E-state index contributed by atoms with van der Waals surface area (Å²) in [6.07, 6.45) is 2.90. The van der Waals surface area contributed by atoms with Crippen LogP contribution >= 0.6 is 15.9 Å². The van der Waals surface area contributed by atoms with E-state index in [1.54, 1.807) is 6.92 Å². The second kappa shape index (κ2) is 6.03. The summed E-state index contributed by atoms with van der Waals surface area (Å²) < 4.78 is 1.04. The van der Waals surface area contributed by atoms with Gasteiger partial charge in [-0.15, -0.1) is 0 Å². The number of carbonyl (C=O) groups excluding carboxylic acids is 1. The molecule has 0 aliphatic heterocycles. The van der Waals surface area contributed by atoms with Crippen LogP contribution in [0.1, 0.15) is 37.7 Å². The lowest BCUT2D eigenvalue weighted by Gasteiger charge is -2.24. The number of hydrogen-bond donors (Lipinski definition) is 1. The highest BCUT2D eigenvalue weighted by Gasteiger charge is 2.48. The smallest absolute Gasteiger partial charge is 0.308 e. The van der Waals surface area contributed by atoms with Crippen LogP contribution in [0.2, 0.25) is 0 Å². The molecular formula is C17H20BrNO3. The first-order valence-electron chi connectivity index (χ1n) is 7.76. The van der Waals surface area contributed by atoms with Crippen molar-refractivity contribution in [3.63, 3.8) is 0 Å². The zero-order chi connectivity index (χ0) is 15.9. The maximum absolute atomic E-state index is 12.7. The van der Waals surface area contributed by atoms with Crippen molar-refractivity contribution in [1.29, 1.82) is 0 Å². The molecule has 0 spiro atoms. The fourth-order valence-corrected chi connectivity index (χ4v) is 3.20. The number of halogens is 1. The molecule has 0 bridgehead atoms. The molecule has 5 heteroatoms. The molecule has 2 saturated carbocycles. The van der Waals surface area contributed by atoms with Gasteiger partial charge in [-0.2, -0.15) is 0 Å². The van der Waals surface area contributed by atoms with E-state index in [2.05, 4.69) is 28.1 Å². The van der Waals surface area contributed by atoms with Crippen LogP contribution in [-0.4, -0.2) is 34.5 Å². The Bertz CT molecular complexity index is 582. The Hall–Kier alpha value is -1.36. The molecule has 2 fully saturated rings. The summed E-state index contributed by atoms with van der Waals surface area (Å²) in [5.41, 5.74) is 1.20. The van der Waals surface area contributed by atoms with E-state index >= 15 is 0 Å². The first-order valence-corrected chi connectivity index (χ1v) is 8.55. The molecular weight excluding hydrogens is 346 g/mol. The van der Waals surface area contributed by atoms with Crippen LogP contribution in [0.25, 0.3) is 0 Å². The maximum Gasteiger partial charge on any atom is 0.308 e. The maximum atomic E-state index is 12.7. The highest BCUT2D eigenvalue weighted by molar-refractivity contribution is 9.10. The fraction of sp³-hybridized carbons (Fsp3) is 0.529. The molecule has 1 aromatic carbocycles. The lowest BCUT2D eigenvalue weighted by molar-refractivity contribution is -0.143. The van der Waals surface area contributed by atoms with Crippen molar-refractivity contribution in [2.75, 3.05) is 6.54 Å². The van der Waals surface area contributed by atoms with Crippen molar-refractivity contribution in [1.82, 2.24) is 4.90 Å². The number of carbonyl (C=O) groups is 2. The standard InChI is InChI=1S/C17H20BrNO3/c1-10(17(21)22)9-19(13-6-7-13)16(20)15-8-14(15)11-2-4-12(18)5-3-11/h2-5,10,13-15H,6-9H2,1H3,(H,21,22). The Morgan fingerprint density at radius 2 is 1.95 bits per heavy atom. The number of rotatable bonds is 6. The number of hydrogen-bond acceptors (Lipinski definition) is 2. The van der Waals surface area contributed by atoms with Crippen LogP contribution in [0.5, 0.6) is 0 Å². The Kier molecular flexibility index (Phi) is 4.26. The molecule has 3 unspecified atom stereocenters. The molecule has 3 atom stereocenters. The van der Waals surface area contributed by atoms with Crippen LogP contribution in [0.4, 0.5) is 0 Å². The molecule has 0 aromatic heterocycles. The average Bonchev–Trinajstić information content (AvgIpc) is 3.37. The molecule has 118 valence electrons. The van der Waals surface area contributed by atoms with Gasteiger partial charge < -0.3 is 10.0 Å². The van der Waals surface area contributed by atoms with Gasteiger partial charge in [-0.1, -0.05) is 35.0 Å². The minimum Gasteiger partial charge on any atom is -0.481 e. The Morgan fingerprint density at radius 3 is 2.50 bits per heavy atom. The quantitative estimate of drug-likeness (QED) is 0.841. The highest BCUT2D eigenvalue weighted by Crippen LogP contribution is 2.49. The Balaban J connectivity index is 1.65. The monoisotopic (exact) mass is 365 g/mol. The summed E-state index contributed by atoms with van der Waals surface area (Å²) in [6, 6.07) is 8.38. The first-order chi connectivity index (χ1) is 10.5. The van der Waals surface area contributed by atoms with Gasteiger partial charge in [0.25, 0.3) is 0 Å². The van der Waals surface area contributed by atoms with Crippen molar-refractivity contribution in [2.45, 2.75) is 38.1 Å². The van der Waals surface area contributed by atoms with Crippen LogP contribution < -0.4 is 0 Å². The van der Waals surface area contributed by atoms with E-state index in [1.807, 2.05) is 17.0 Å². The van der Waals surface area contributed by atoms with Crippen molar-refractivity contribution < 1.29 is 14.7 Å². The van der Waals surface area contributed by atoms with E-state index in [4.69, 9.17) is 5.11 Å². The molecule has 2 aliphatic rings. The topological polar surface area (TPSA) is 57.6 Å². The summed E-state index contributed by atoms with van der Waals surface area (Å²) in [7, 11) is 0. The zero-order valence-corrected chi connectivity index (χ0v) is 14.1. The predicted octanol–water partition coefficient (Wildman–Crippen LogP) is 3.26. The van der Waals surface area contributed by atoms with E-state index in [-0.39, 0.29) is 17.9 Å². The summed E-state index contributed by atoms with van der Waals surface area (Å²) in [4.78, 5) is 25.6. The second-order valence-electron chi connectivity index (χ2n) is 6.46. The fourth-order valence-electron chi connectivity index (χ4n) is 2.94. The number of amides is 1. The summed E-state index contributed by atoms with van der Waals surface area (Å²) in [5.74, 6) is -0.874. The van der Waals surface area contributed by atoms with Crippen LogP contribution in [0.15, 0.2) is 28.7 Å². The van der Waals surface area contributed by atoms with Gasteiger partial charge in [-0.05, 0) is 42.9 Å². The molecule has 3 rings (SSSR count). The number of carboxylic acid groups (broad SMARTS) is 1. The van der Waals surface area contributed by atoms with Crippen molar-refractivity contribution >= 4 is 27.8 Å². The van der Waals surface area contributed by atoms with E-state index in [9.17, 15) is 9.59 Å². The summed E-state index contributed by atoms with van der Waals surface area (Å²) in [6.45, 7) is 2.01. The van der Waals surface area contributed by atoms with Gasteiger partial charge in [0.15, 0.2) is 0 Å². The molecule has 0 radical (unpaired) electrons. The third-order valence-electron chi connectivity index (χ3n) is 4.57. The number of nitrogens with zero attached hydrogens (tertiary/aromatic N) is 1. The van der Waals surface area contributed by atoms with Gasteiger partial charge in [0.1, 0.15) is 0 Å². The minimum atomic E-state index is -0.835. The van der Waals surface area contributed by atoms with Crippen LogP contribution in [0.3, 0.4) is 0 Å². The Labute approximate surface area is 138 Å². The van der Waals surface area contributed by atoms with Crippen molar-refractivity contribution in [3.8, 4) is 0 Å². The zero-order valence-electron chi connectivity index (χ0n) is 12.5. The van der Waals surface area contributed by atoms with E-state index in [0.29, 0.717) is 12.5 Å². The van der Waals surface area contributed by atoms with Gasteiger partial charge in [0.05, 0.1) is 5.92 Å². The third-order valence-corrected chi connectivity index (χ3v) is 5.10. The van der Waals surface area contributed by atoms with Crippen molar-refractivity contribution in [3.05, 3.63) is 34.3 Å². The largest absolute Gasteiger partial charge is 0.481 e. The van der Waals surface area contributed by atoms with Gasteiger partial charge in [-0.25, -0.2) is 0 Å². The molecule has 2 aliphatic carbocycles. The minimum absolute atomic E-state index is 0.0303. The third kappa shape index (κ3) is 3.35. The average molecular weight is 366 g/mol. The van der Waals surface area contributed by atoms with E-state index < -0.39 is 11.9 Å². The van der Waals surface area contributed by atoms with Gasteiger partial charge in [0, 0.05) is 23.0 Å².